The molecule has 0 aliphatic carbocycles. The Balaban J connectivity index is 2.00. The van der Waals surface area contributed by atoms with Crippen LogP contribution in [-0.4, -0.2) is 24.6 Å². The Kier molecular flexibility index (Phi) is 7.87. The van der Waals surface area contributed by atoms with Crippen molar-refractivity contribution in [3.8, 4) is 5.75 Å². The summed E-state index contributed by atoms with van der Waals surface area (Å²) in [4.78, 5) is 24.3. The van der Waals surface area contributed by atoms with Crippen LogP contribution in [0, 0.1) is 0 Å². The van der Waals surface area contributed by atoms with Crippen molar-refractivity contribution >= 4 is 23.3 Å². The fourth-order valence-corrected chi connectivity index (χ4v) is 2.69. The molecule has 2 rings (SSSR count). The average Bonchev–Trinajstić information content (AvgIpc) is 2.67. The van der Waals surface area contributed by atoms with Gasteiger partial charge < -0.3 is 20.7 Å². The minimum absolute atomic E-state index is 0.0146. The van der Waals surface area contributed by atoms with Crippen molar-refractivity contribution in [1.82, 2.24) is 5.32 Å². The van der Waals surface area contributed by atoms with E-state index in [-0.39, 0.29) is 24.6 Å². The molecule has 3 amide bonds. The summed E-state index contributed by atoms with van der Waals surface area (Å²) in [6.07, 6.45) is 0.990. The van der Waals surface area contributed by atoms with E-state index in [9.17, 15) is 9.59 Å². The molecule has 0 heterocycles. The van der Waals surface area contributed by atoms with E-state index in [1.54, 1.807) is 24.3 Å². The van der Waals surface area contributed by atoms with Crippen LogP contribution in [0.15, 0.2) is 48.5 Å². The summed E-state index contributed by atoms with van der Waals surface area (Å²) in [6.45, 7) is 7.89. The zero-order valence-electron chi connectivity index (χ0n) is 16.9. The van der Waals surface area contributed by atoms with Crippen molar-refractivity contribution in [3.63, 3.8) is 0 Å². The van der Waals surface area contributed by atoms with Gasteiger partial charge in [-0.25, -0.2) is 4.79 Å². The van der Waals surface area contributed by atoms with Crippen LogP contribution >= 0.6 is 0 Å². The van der Waals surface area contributed by atoms with Crippen molar-refractivity contribution in [2.45, 2.75) is 46.1 Å². The molecule has 3 N–H and O–H groups in total. The summed E-state index contributed by atoms with van der Waals surface area (Å²) in [6, 6.07) is 14.5. The summed E-state index contributed by atoms with van der Waals surface area (Å²) in [5.41, 5.74) is 2.13. The van der Waals surface area contributed by atoms with Gasteiger partial charge in [0.1, 0.15) is 5.75 Å². The van der Waals surface area contributed by atoms with Gasteiger partial charge in [0, 0.05) is 6.04 Å². The third kappa shape index (κ3) is 6.30. The predicted molar refractivity (Wildman–Crippen MR) is 113 cm³/mol. The predicted octanol–water partition coefficient (Wildman–Crippen LogP) is 4.75. The molecule has 0 saturated carbocycles. The second-order valence-corrected chi connectivity index (χ2v) is 6.98. The van der Waals surface area contributed by atoms with Gasteiger partial charge in [-0.05, 0) is 49.9 Å². The molecule has 2 aromatic carbocycles. The van der Waals surface area contributed by atoms with E-state index in [4.69, 9.17) is 4.74 Å². The number of amides is 3. The molecule has 0 radical (unpaired) electrons. The number of ether oxygens (including phenoxy) is 1. The first-order valence-corrected chi connectivity index (χ1v) is 9.58. The van der Waals surface area contributed by atoms with Gasteiger partial charge in [0.25, 0.3) is 5.91 Å². The number of para-hydroxylation sites is 3. The fraction of sp³-hybridized carbons (Fsp3) is 0.364. The Bertz CT molecular complexity index is 805. The SMILES string of the molecule is CCC(C)c1ccccc1OCC(=O)Nc1ccccc1NC(=O)NC(C)C. The van der Waals surface area contributed by atoms with Crippen molar-refractivity contribution in [2.24, 2.45) is 0 Å². The fourth-order valence-electron chi connectivity index (χ4n) is 2.69. The highest BCUT2D eigenvalue weighted by Gasteiger charge is 2.13. The number of carbonyl (C=O) groups excluding carboxylic acids is 2. The summed E-state index contributed by atoms with van der Waals surface area (Å²) in [7, 11) is 0. The van der Waals surface area contributed by atoms with Crippen LogP contribution in [0.4, 0.5) is 16.2 Å². The molecule has 0 spiro atoms. The van der Waals surface area contributed by atoms with Gasteiger partial charge >= 0.3 is 6.03 Å². The minimum Gasteiger partial charge on any atom is -0.483 e. The number of hydrogen-bond donors (Lipinski definition) is 3. The Morgan fingerprint density at radius 3 is 2.18 bits per heavy atom. The quantitative estimate of drug-likeness (QED) is 0.615. The number of urea groups is 1. The largest absolute Gasteiger partial charge is 0.483 e. The summed E-state index contributed by atoms with van der Waals surface area (Å²) in [5, 5.41) is 8.30. The first-order chi connectivity index (χ1) is 13.4. The van der Waals surface area contributed by atoms with Gasteiger partial charge in [-0.3, -0.25) is 4.79 Å². The van der Waals surface area contributed by atoms with Gasteiger partial charge in [-0.1, -0.05) is 44.2 Å². The Labute approximate surface area is 166 Å². The lowest BCUT2D eigenvalue weighted by atomic mass is 9.98. The van der Waals surface area contributed by atoms with Crippen LogP contribution < -0.4 is 20.7 Å². The van der Waals surface area contributed by atoms with E-state index in [2.05, 4.69) is 29.8 Å². The van der Waals surface area contributed by atoms with Crippen LogP contribution in [0.2, 0.25) is 0 Å². The highest BCUT2D eigenvalue weighted by molar-refractivity contribution is 5.99. The third-order valence-electron chi connectivity index (χ3n) is 4.29. The molecule has 2 aromatic rings. The maximum absolute atomic E-state index is 12.4. The molecule has 6 nitrogen and oxygen atoms in total. The van der Waals surface area contributed by atoms with Crippen LogP contribution in [0.25, 0.3) is 0 Å². The van der Waals surface area contributed by atoms with E-state index < -0.39 is 0 Å². The zero-order valence-corrected chi connectivity index (χ0v) is 16.9. The summed E-state index contributed by atoms with van der Waals surface area (Å²) < 4.78 is 5.76. The smallest absolute Gasteiger partial charge is 0.319 e. The van der Waals surface area contributed by atoms with Gasteiger partial charge in [0.2, 0.25) is 0 Å². The molecule has 0 aliphatic heterocycles. The van der Waals surface area contributed by atoms with Crippen LogP contribution in [-0.2, 0) is 4.79 Å². The van der Waals surface area contributed by atoms with Crippen molar-refractivity contribution in [2.75, 3.05) is 17.2 Å². The Morgan fingerprint density at radius 2 is 1.54 bits per heavy atom. The molecule has 0 aliphatic rings. The van der Waals surface area contributed by atoms with E-state index in [0.717, 1.165) is 17.7 Å². The number of anilines is 2. The molecule has 0 aromatic heterocycles. The molecule has 0 bridgehead atoms. The number of nitrogens with one attached hydrogen (secondary N) is 3. The third-order valence-corrected chi connectivity index (χ3v) is 4.29. The number of rotatable bonds is 8. The standard InChI is InChI=1S/C22H29N3O3/c1-5-16(4)17-10-6-9-13-20(17)28-14-21(26)24-18-11-7-8-12-19(18)25-22(27)23-15(2)3/h6-13,15-16H,5,14H2,1-4H3,(H,24,26)(H2,23,25,27). The normalized spacial score (nSPS) is 11.6. The topological polar surface area (TPSA) is 79.5 Å². The minimum atomic E-state index is -0.324. The lowest BCUT2D eigenvalue weighted by Crippen LogP contribution is -2.34. The molecule has 1 unspecified atom stereocenters. The van der Waals surface area contributed by atoms with Gasteiger partial charge in [-0.15, -0.1) is 0 Å². The first-order valence-electron chi connectivity index (χ1n) is 9.58. The van der Waals surface area contributed by atoms with Crippen molar-refractivity contribution in [3.05, 3.63) is 54.1 Å². The first kappa shape index (κ1) is 21.3. The lowest BCUT2D eigenvalue weighted by Gasteiger charge is -2.16. The number of benzene rings is 2. The summed E-state index contributed by atoms with van der Waals surface area (Å²) in [5.74, 6) is 0.774. The van der Waals surface area contributed by atoms with Crippen LogP contribution in [0.3, 0.4) is 0 Å². The zero-order chi connectivity index (χ0) is 20.5. The monoisotopic (exact) mass is 383 g/mol. The molecule has 150 valence electrons. The summed E-state index contributed by atoms with van der Waals surface area (Å²) >= 11 is 0. The maximum Gasteiger partial charge on any atom is 0.319 e. The average molecular weight is 383 g/mol. The van der Waals surface area contributed by atoms with Gasteiger partial charge in [0.05, 0.1) is 11.4 Å². The van der Waals surface area contributed by atoms with E-state index in [0.29, 0.717) is 17.3 Å². The second kappa shape index (κ2) is 10.3. The van der Waals surface area contributed by atoms with E-state index >= 15 is 0 Å². The lowest BCUT2D eigenvalue weighted by molar-refractivity contribution is -0.118. The van der Waals surface area contributed by atoms with E-state index in [1.807, 2.05) is 38.1 Å². The Hall–Kier alpha value is -3.02. The highest BCUT2D eigenvalue weighted by Crippen LogP contribution is 2.28. The molecular formula is C22H29N3O3. The van der Waals surface area contributed by atoms with Crippen molar-refractivity contribution in [1.29, 1.82) is 0 Å². The van der Waals surface area contributed by atoms with Crippen LogP contribution in [0.1, 0.15) is 45.6 Å². The van der Waals surface area contributed by atoms with Crippen molar-refractivity contribution < 1.29 is 14.3 Å². The molecule has 0 saturated heterocycles. The molecule has 6 heteroatoms. The van der Waals surface area contributed by atoms with Crippen LogP contribution in [0.5, 0.6) is 5.75 Å². The highest BCUT2D eigenvalue weighted by atomic mass is 16.5. The van der Waals surface area contributed by atoms with Gasteiger partial charge in [-0.2, -0.15) is 0 Å². The Morgan fingerprint density at radius 1 is 0.929 bits per heavy atom. The molecule has 1 atom stereocenters. The van der Waals surface area contributed by atoms with E-state index in [1.165, 1.54) is 0 Å². The molecule has 0 fully saturated rings. The second-order valence-electron chi connectivity index (χ2n) is 6.98. The molecular weight excluding hydrogens is 354 g/mol. The number of carbonyl (C=O) groups is 2. The molecule has 28 heavy (non-hydrogen) atoms. The van der Waals surface area contributed by atoms with Gasteiger partial charge in [0.15, 0.2) is 6.61 Å². The number of hydrogen-bond acceptors (Lipinski definition) is 3. The maximum atomic E-state index is 12.4.